The molecule has 0 saturated carbocycles. The minimum absolute atomic E-state index is 0.292. The molecule has 2 N–H and O–H groups in total. The molecule has 3 nitrogen and oxygen atoms in total. The Morgan fingerprint density at radius 1 is 1.40 bits per heavy atom. The molecular formula is C10H11Cl2NO2. The van der Waals surface area contributed by atoms with Crippen molar-refractivity contribution in [1.82, 2.24) is 0 Å². The van der Waals surface area contributed by atoms with Crippen LogP contribution in [0.1, 0.15) is 18.5 Å². The summed E-state index contributed by atoms with van der Waals surface area (Å²) in [5.41, 5.74) is 6.22. The third kappa shape index (κ3) is 3.38. The largest absolute Gasteiger partial charge is 0.465 e. The van der Waals surface area contributed by atoms with Gasteiger partial charge in [0.15, 0.2) is 0 Å². The molecule has 0 amide bonds. The summed E-state index contributed by atoms with van der Waals surface area (Å²) in [6.07, 6.45) is 0. The van der Waals surface area contributed by atoms with Crippen LogP contribution in [0.5, 0.6) is 0 Å². The average Bonchev–Trinajstić information content (AvgIpc) is 2.15. The highest BCUT2D eigenvalue weighted by molar-refractivity contribution is 6.34. The summed E-state index contributed by atoms with van der Waals surface area (Å²) in [7, 11) is 0. The molecule has 0 aromatic heterocycles. The normalized spacial score (nSPS) is 12.3. The quantitative estimate of drug-likeness (QED) is 0.836. The Morgan fingerprint density at radius 2 is 1.93 bits per heavy atom. The molecule has 0 bridgehead atoms. The average molecular weight is 248 g/mol. The standard InChI is InChI=1S/C10H11Cl2NO2/c1-2-15-10(14)9(13)6-3-7(11)5-8(12)4-6/h3-5,9H,2,13H2,1H3/t9-/m1/s1. The molecule has 0 spiro atoms. The maximum absolute atomic E-state index is 11.3. The molecule has 0 aliphatic heterocycles. The van der Waals surface area contributed by atoms with Gasteiger partial charge in [-0.25, -0.2) is 4.79 Å². The molecule has 0 unspecified atom stereocenters. The van der Waals surface area contributed by atoms with Crippen molar-refractivity contribution in [1.29, 1.82) is 0 Å². The van der Waals surface area contributed by atoms with Gasteiger partial charge < -0.3 is 10.5 Å². The Labute approximate surface area is 98.1 Å². The Bertz CT molecular complexity index is 348. The van der Waals surface area contributed by atoms with Crippen LogP contribution >= 0.6 is 23.2 Å². The fourth-order valence-corrected chi connectivity index (χ4v) is 1.67. The van der Waals surface area contributed by atoms with E-state index in [1.54, 1.807) is 25.1 Å². The van der Waals surface area contributed by atoms with Gasteiger partial charge >= 0.3 is 5.97 Å². The van der Waals surface area contributed by atoms with Crippen molar-refractivity contribution >= 4 is 29.2 Å². The molecule has 0 fully saturated rings. The van der Waals surface area contributed by atoms with E-state index in [0.29, 0.717) is 22.2 Å². The van der Waals surface area contributed by atoms with Crippen LogP contribution in [-0.2, 0) is 9.53 Å². The number of ether oxygens (including phenoxy) is 1. The number of hydrogen-bond acceptors (Lipinski definition) is 3. The van der Waals surface area contributed by atoms with Crippen molar-refractivity contribution in [3.63, 3.8) is 0 Å². The molecule has 1 aromatic rings. The number of hydrogen-bond donors (Lipinski definition) is 1. The van der Waals surface area contributed by atoms with Crippen LogP contribution in [0, 0.1) is 0 Å². The van der Waals surface area contributed by atoms with Gasteiger partial charge in [-0.05, 0) is 30.7 Å². The van der Waals surface area contributed by atoms with Gasteiger partial charge in [-0.15, -0.1) is 0 Å². The Balaban J connectivity index is 2.90. The minimum atomic E-state index is -0.846. The Kier molecular flexibility index (Phi) is 4.39. The highest BCUT2D eigenvalue weighted by Crippen LogP contribution is 2.23. The highest BCUT2D eigenvalue weighted by atomic mass is 35.5. The lowest BCUT2D eigenvalue weighted by molar-refractivity contribution is -0.144. The van der Waals surface area contributed by atoms with Crippen molar-refractivity contribution in [2.24, 2.45) is 5.73 Å². The Hall–Kier alpha value is -0.770. The number of carbonyl (C=O) groups is 1. The third-order valence-electron chi connectivity index (χ3n) is 1.78. The predicted octanol–water partition coefficient (Wildman–Crippen LogP) is 2.56. The van der Waals surface area contributed by atoms with Gasteiger partial charge in [-0.1, -0.05) is 23.2 Å². The second-order valence-electron chi connectivity index (χ2n) is 2.93. The van der Waals surface area contributed by atoms with Crippen LogP contribution in [0.2, 0.25) is 10.0 Å². The number of rotatable bonds is 3. The zero-order valence-corrected chi connectivity index (χ0v) is 9.68. The second kappa shape index (κ2) is 5.35. The summed E-state index contributed by atoms with van der Waals surface area (Å²) in [5.74, 6) is -0.490. The number of carbonyl (C=O) groups excluding carboxylic acids is 1. The second-order valence-corrected chi connectivity index (χ2v) is 3.81. The van der Waals surface area contributed by atoms with Gasteiger partial charge in [0.25, 0.3) is 0 Å². The Morgan fingerprint density at radius 3 is 2.40 bits per heavy atom. The van der Waals surface area contributed by atoms with E-state index < -0.39 is 12.0 Å². The maximum atomic E-state index is 11.3. The molecule has 1 atom stereocenters. The van der Waals surface area contributed by atoms with Crippen molar-refractivity contribution in [3.8, 4) is 0 Å². The van der Waals surface area contributed by atoms with Crippen LogP contribution in [0.3, 0.4) is 0 Å². The van der Waals surface area contributed by atoms with Gasteiger partial charge in [-0.3, -0.25) is 0 Å². The summed E-state index contributed by atoms with van der Waals surface area (Å²) in [6.45, 7) is 2.01. The minimum Gasteiger partial charge on any atom is -0.465 e. The zero-order chi connectivity index (χ0) is 11.4. The summed E-state index contributed by atoms with van der Waals surface area (Å²) >= 11 is 11.6. The van der Waals surface area contributed by atoms with Gasteiger partial charge in [-0.2, -0.15) is 0 Å². The van der Waals surface area contributed by atoms with Crippen molar-refractivity contribution in [3.05, 3.63) is 33.8 Å². The van der Waals surface area contributed by atoms with E-state index in [2.05, 4.69) is 0 Å². The first-order valence-electron chi connectivity index (χ1n) is 4.42. The highest BCUT2D eigenvalue weighted by Gasteiger charge is 2.17. The van der Waals surface area contributed by atoms with E-state index in [1.165, 1.54) is 0 Å². The molecule has 0 aliphatic rings. The first kappa shape index (κ1) is 12.3. The van der Waals surface area contributed by atoms with Crippen LogP contribution in [0.15, 0.2) is 18.2 Å². The lowest BCUT2D eigenvalue weighted by Gasteiger charge is -2.11. The fraction of sp³-hybridized carbons (Fsp3) is 0.300. The lowest BCUT2D eigenvalue weighted by atomic mass is 10.1. The third-order valence-corrected chi connectivity index (χ3v) is 2.22. The predicted molar refractivity (Wildman–Crippen MR) is 60.0 cm³/mol. The fourth-order valence-electron chi connectivity index (χ4n) is 1.12. The van der Waals surface area contributed by atoms with E-state index in [9.17, 15) is 4.79 Å². The van der Waals surface area contributed by atoms with Crippen LogP contribution < -0.4 is 5.73 Å². The molecule has 1 rings (SSSR count). The molecule has 82 valence electrons. The van der Waals surface area contributed by atoms with Gasteiger partial charge in [0, 0.05) is 10.0 Å². The van der Waals surface area contributed by atoms with Gasteiger partial charge in [0.05, 0.1) is 6.61 Å². The van der Waals surface area contributed by atoms with Crippen LogP contribution in [-0.4, -0.2) is 12.6 Å². The zero-order valence-electron chi connectivity index (χ0n) is 8.17. The number of halogens is 2. The van der Waals surface area contributed by atoms with Crippen molar-refractivity contribution < 1.29 is 9.53 Å². The lowest BCUT2D eigenvalue weighted by Crippen LogP contribution is -2.23. The van der Waals surface area contributed by atoms with Crippen molar-refractivity contribution in [2.75, 3.05) is 6.61 Å². The first-order valence-corrected chi connectivity index (χ1v) is 5.18. The molecule has 0 radical (unpaired) electrons. The van der Waals surface area contributed by atoms with E-state index >= 15 is 0 Å². The monoisotopic (exact) mass is 247 g/mol. The number of esters is 1. The molecule has 15 heavy (non-hydrogen) atoms. The maximum Gasteiger partial charge on any atom is 0.327 e. The first-order chi connectivity index (χ1) is 7.04. The van der Waals surface area contributed by atoms with Crippen LogP contribution in [0.4, 0.5) is 0 Å². The molecule has 0 heterocycles. The molecule has 0 aliphatic carbocycles. The topological polar surface area (TPSA) is 52.3 Å². The summed E-state index contributed by atoms with van der Waals surface area (Å²) in [4.78, 5) is 11.3. The van der Waals surface area contributed by atoms with Gasteiger partial charge in [0.2, 0.25) is 0 Å². The van der Waals surface area contributed by atoms with E-state index in [1.807, 2.05) is 0 Å². The van der Waals surface area contributed by atoms with E-state index in [4.69, 9.17) is 33.7 Å². The summed E-state index contributed by atoms with van der Waals surface area (Å²) in [5, 5.41) is 0.884. The SMILES string of the molecule is CCOC(=O)[C@H](N)c1cc(Cl)cc(Cl)c1. The molecule has 5 heteroatoms. The summed E-state index contributed by atoms with van der Waals surface area (Å²) in [6, 6.07) is 3.91. The van der Waals surface area contributed by atoms with Gasteiger partial charge in [0.1, 0.15) is 6.04 Å². The van der Waals surface area contributed by atoms with Crippen molar-refractivity contribution in [2.45, 2.75) is 13.0 Å². The van der Waals surface area contributed by atoms with E-state index in [-0.39, 0.29) is 0 Å². The molecular weight excluding hydrogens is 237 g/mol. The van der Waals surface area contributed by atoms with Crippen LogP contribution in [0.25, 0.3) is 0 Å². The number of nitrogens with two attached hydrogens (primary N) is 1. The molecule has 1 aromatic carbocycles. The summed E-state index contributed by atoms with van der Waals surface area (Å²) < 4.78 is 4.79. The number of benzene rings is 1. The van der Waals surface area contributed by atoms with E-state index in [0.717, 1.165) is 0 Å². The smallest absolute Gasteiger partial charge is 0.327 e. The molecule has 0 saturated heterocycles.